The highest BCUT2D eigenvalue weighted by Gasteiger charge is 2.10. The number of hydrazone groups is 1. The van der Waals surface area contributed by atoms with Crippen molar-refractivity contribution in [1.29, 1.82) is 0 Å². The Balaban J connectivity index is 1.73. The van der Waals surface area contributed by atoms with Crippen molar-refractivity contribution in [2.45, 2.75) is 30.6 Å². The largest absolute Gasteiger partial charge is 0.362 e. The molecule has 1 heterocycles. The van der Waals surface area contributed by atoms with E-state index in [0.29, 0.717) is 5.11 Å². The molecule has 0 aliphatic rings. The summed E-state index contributed by atoms with van der Waals surface area (Å²) in [6.45, 7) is 6.83. The van der Waals surface area contributed by atoms with Gasteiger partial charge in [0.2, 0.25) is 0 Å². The molecule has 0 bridgehead atoms. The summed E-state index contributed by atoms with van der Waals surface area (Å²) in [6, 6.07) is 16.9. The van der Waals surface area contributed by atoms with E-state index in [2.05, 4.69) is 52.5 Å². The van der Waals surface area contributed by atoms with Gasteiger partial charge in [-0.3, -0.25) is 15.5 Å². The standard InChI is InChI=1S/C22H23N5O2S2/c1-4-23-22(30)25-24-14-17-13-15(2)26(16(17)3)18-5-9-20(10-6-18)31-21-11-7-19(8-12-21)27(28)29/h5-14H,4H2,1-3H3,(H2,23,25,30). The predicted octanol–water partition coefficient (Wildman–Crippen LogP) is 4.97. The Hall–Kier alpha value is -3.17. The maximum absolute atomic E-state index is 10.8. The molecule has 0 amide bonds. The van der Waals surface area contributed by atoms with Crippen molar-refractivity contribution in [2.75, 3.05) is 6.54 Å². The van der Waals surface area contributed by atoms with Crippen molar-refractivity contribution in [1.82, 2.24) is 15.3 Å². The summed E-state index contributed by atoms with van der Waals surface area (Å²) in [5, 5.41) is 18.5. The molecule has 0 unspecified atom stereocenters. The molecule has 0 radical (unpaired) electrons. The Morgan fingerprint density at radius 2 is 1.77 bits per heavy atom. The zero-order valence-corrected chi connectivity index (χ0v) is 19.1. The maximum atomic E-state index is 10.8. The number of thiocarbonyl (C=S) groups is 1. The molecule has 9 heteroatoms. The van der Waals surface area contributed by atoms with Crippen LogP contribution in [0.25, 0.3) is 5.69 Å². The van der Waals surface area contributed by atoms with Crippen LogP contribution < -0.4 is 10.7 Å². The van der Waals surface area contributed by atoms with Crippen LogP contribution in [-0.2, 0) is 0 Å². The van der Waals surface area contributed by atoms with E-state index >= 15 is 0 Å². The molecular weight excluding hydrogens is 430 g/mol. The number of nitro groups is 1. The van der Waals surface area contributed by atoms with Crippen molar-refractivity contribution in [3.63, 3.8) is 0 Å². The number of rotatable bonds is 7. The Labute approximate surface area is 190 Å². The van der Waals surface area contributed by atoms with Crippen LogP contribution in [0.1, 0.15) is 23.9 Å². The fourth-order valence-electron chi connectivity index (χ4n) is 3.11. The van der Waals surface area contributed by atoms with Gasteiger partial charge in [0.1, 0.15) is 0 Å². The van der Waals surface area contributed by atoms with Crippen LogP contribution in [0.4, 0.5) is 5.69 Å². The average Bonchev–Trinajstić information content (AvgIpc) is 3.02. The fourth-order valence-corrected chi connectivity index (χ4v) is 4.12. The Kier molecular flexibility index (Phi) is 7.43. The quantitative estimate of drug-likeness (QED) is 0.227. The summed E-state index contributed by atoms with van der Waals surface area (Å²) in [5.74, 6) is 0. The van der Waals surface area contributed by atoms with E-state index in [1.807, 2.05) is 19.1 Å². The lowest BCUT2D eigenvalue weighted by Crippen LogP contribution is -2.31. The van der Waals surface area contributed by atoms with Gasteiger partial charge in [0.15, 0.2) is 5.11 Å². The number of hydrogen-bond donors (Lipinski definition) is 2. The van der Waals surface area contributed by atoms with Gasteiger partial charge >= 0.3 is 0 Å². The third-order valence-electron chi connectivity index (χ3n) is 4.56. The van der Waals surface area contributed by atoms with Gasteiger partial charge in [-0.15, -0.1) is 0 Å². The summed E-state index contributed by atoms with van der Waals surface area (Å²) in [7, 11) is 0. The predicted molar refractivity (Wildman–Crippen MR) is 129 cm³/mol. The lowest BCUT2D eigenvalue weighted by molar-refractivity contribution is -0.384. The van der Waals surface area contributed by atoms with E-state index in [4.69, 9.17) is 12.2 Å². The van der Waals surface area contributed by atoms with Gasteiger partial charge in [0, 0.05) is 51.1 Å². The van der Waals surface area contributed by atoms with Crippen LogP contribution in [0.3, 0.4) is 0 Å². The highest BCUT2D eigenvalue weighted by atomic mass is 32.2. The van der Waals surface area contributed by atoms with E-state index in [-0.39, 0.29) is 5.69 Å². The number of aromatic nitrogens is 1. The van der Waals surface area contributed by atoms with Crippen LogP contribution in [0.15, 0.2) is 69.5 Å². The molecule has 3 aromatic rings. The number of benzene rings is 2. The molecule has 0 aliphatic carbocycles. The number of nitrogens with zero attached hydrogens (tertiary/aromatic N) is 3. The van der Waals surface area contributed by atoms with Crippen molar-refractivity contribution in [3.8, 4) is 5.69 Å². The molecule has 1 aromatic heterocycles. The first-order chi connectivity index (χ1) is 14.9. The third kappa shape index (κ3) is 5.71. The molecule has 0 saturated heterocycles. The van der Waals surface area contributed by atoms with Gasteiger partial charge in [-0.25, -0.2) is 0 Å². The first-order valence-corrected chi connectivity index (χ1v) is 10.9. The summed E-state index contributed by atoms with van der Waals surface area (Å²) >= 11 is 6.68. The molecule has 0 saturated carbocycles. The minimum atomic E-state index is -0.393. The normalized spacial score (nSPS) is 10.9. The van der Waals surface area contributed by atoms with Crippen molar-refractivity contribution >= 4 is 41.0 Å². The monoisotopic (exact) mass is 453 g/mol. The number of aryl methyl sites for hydroxylation is 1. The molecule has 2 aromatic carbocycles. The van der Waals surface area contributed by atoms with E-state index in [9.17, 15) is 10.1 Å². The van der Waals surface area contributed by atoms with Gasteiger partial charge in [0.25, 0.3) is 5.69 Å². The Morgan fingerprint density at radius 1 is 1.16 bits per heavy atom. The highest BCUT2D eigenvalue weighted by Crippen LogP contribution is 2.30. The first-order valence-electron chi connectivity index (χ1n) is 9.67. The number of non-ortho nitro benzene ring substituents is 1. The number of nitrogens with one attached hydrogen (secondary N) is 2. The highest BCUT2D eigenvalue weighted by molar-refractivity contribution is 7.99. The molecule has 7 nitrogen and oxygen atoms in total. The molecule has 0 spiro atoms. The van der Waals surface area contributed by atoms with E-state index in [0.717, 1.165) is 39.0 Å². The van der Waals surface area contributed by atoms with Crippen LogP contribution in [-0.4, -0.2) is 27.4 Å². The van der Waals surface area contributed by atoms with E-state index in [1.54, 1.807) is 30.1 Å². The molecule has 0 fully saturated rings. The van der Waals surface area contributed by atoms with Crippen LogP contribution in [0, 0.1) is 24.0 Å². The van der Waals surface area contributed by atoms with Crippen molar-refractivity contribution < 1.29 is 4.92 Å². The fraction of sp³-hybridized carbons (Fsp3) is 0.182. The number of nitro benzene ring substituents is 1. The van der Waals surface area contributed by atoms with Crippen molar-refractivity contribution in [2.24, 2.45) is 5.10 Å². The topological polar surface area (TPSA) is 84.5 Å². The van der Waals surface area contributed by atoms with Crippen molar-refractivity contribution in [3.05, 3.63) is 81.7 Å². The molecular formula is C22H23N5O2S2. The minimum absolute atomic E-state index is 0.0937. The van der Waals surface area contributed by atoms with E-state index in [1.165, 1.54) is 12.1 Å². The summed E-state index contributed by atoms with van der Waals surface area (Å²) < 4.78 is 2.17. The zero-order chi connectivity index (χ0) is 22.4. The van der Waals surface area contributed by atoms with Gasteiger partial charge in [-0.1, -0.05) is 11.8 Å². The summed E-state index contributed by atoms with van der Waals surface area (Å²) in [6.07, 6.45) is 1.77. The van der Waals surface area contributed by atoms with Gasteiger partial charge < -0.3 is 9.88 Å². The minimum Gasteiger partial charge on any atom is -0.362 e. The SMILES string of the molecule is CCNC(=S)NN=Cc1cc(C)n(-c2ccc(Sc3ccc([N+](=O)[O-])cc3)cc2)c1C. The van der Waals surface area contributed by atoms with Crippen LogP contribution in [0.5, 0.6) is 0 Å². The van der Waals surface area contributed by atoms with Crippen LogP contribution in [0.2, 0.25) is 0 Å². The van der Waals surface area contributed by atoms with Gasteiger partial charge in [-0.05, 0) is 75.5 Å². The lowest BCUT2D eigenvalue weighted by atomic mass is 10.2. The smallest absolute Gasteiger partial charge is 0.269 e. The second-order valence-electron chi connectivity index (χ2n) is 6.74. The molecule has 0 aliphatic heterocycles. The summed E-state index contributed by atoms with van der Waals surface area (Å²) in [4.78, 5) is 12.4. The van der Waals surface area contributed by atoms with E-state index < -0.39 is 4.92 Å². The molecule has 31 heavy (non-hydrogen) atoms. The molecule has 3 rings (SSSR count). The van der Waals surface area contributed by atoms with Gasteiger partial charge in [-0.2, -0.15) is 5.10 Å². The maximum Gasteiger partial charge on any atom is 0.269 e. The Morgan fingerprint density at radius 3 is 2.35 bits per heavy atom. The van der Waals surface area contributed by atoms with Crippen LogP contribution >= 0.6 is 24.0 Å². The molecule has 160 valence electrons. The summed E-state index contributed by atoms with van der Waals surface area (Å²) in [5.41, 5.74) is 7.14. The average molecular weight is 454 g/mol. The zero-order valence-electron chi connectivity index (χ0n) is 17.5. The molecule has 0 atom stereocenters. The molecule has 2 N–H and O–H groups in total. The second-order valence-corrected chi connectivity index (χ2v) is 8.29. The second kappa shape index (κ2) is 10.2. The Bertz CT molecular complexity index is 1110. The van der Waals surface area contributed by atoms with Gasteiger partial charge in [0.05, 0.1) is 11.1 Å². The first kappa shape index (κ1) is 22.5. The number of hydrogen-bond acceptors (Lipinski definition) is 5. The lowest BCUT2D eigenvalue weighted by Gasteiger charge is -2.10. The third-order valence-corrected chi connectivity index (χ3v) is 5.81.